The largest absolute Gasteiger partial charge is 0.385 e. The molecule has 2 amide bonds. The number of hydroxylamine groups is 2. The smallest absolute Gasteiger partial charge is 0.333 e. The highest BCUT2D eigenvalue weighted by atomic mass is 32.2. The minimum atomic E-state index is -4.49. The molecule has 5 rings (SSSR count). The van der Waals surface area contributed by atoms with Crippen LogP contribution < -0.4 is 4.90 Å². The number of imide groups is 1. The van der Waals surface area contributed by atoms with Gasteiger partial charge in [0.05, 0.1) is 15.2 Å². The number of anilines is 1. The zero-order valence-electron chi connectivity index (χ0n) is 34.6. The van der Waals surface area contributed by atoms with Crippen LogP contribution in [0.4, 0.5) is 11.4 Å². The first kappa shape index (κ1) is 46.3. The van der Waals surface area contributed by atoms with E-state index in [9.17, 15) is 40.3 Å². The van der Waals surface area contributed by atoms with Gasteiger partial charge < -0.3 is 19.2 Å². The van der Waals surface area contributed by atoms with Crippen LogP contribution in [-0.4, -0.2) is 99.6 Å². The van der Waals surface area contributed by atoms with Crippen LogP contribution in [0.15, 0.2) is 94.4 Å². The second-order valence-corrected chi connectivity index (χ2v) is 18.1. The molecule has 1 fully saturated rings. The Morgan fingerprint density at radius 3 is 2.00 bits per heavy atom. The average molecular weight is 869 g/mol. The van der Waals surface area contributed by atoms with Gasteiger partial charge in [-0.2, -0.15) is 21.4 Å². The van der Waals surface area contributed by atoms with Crippen LogP contribution in [0.25, 0.3) is 0 Å². The number of hydrogen-bond donors (Lipinski definition) is 2. The van der Waals surface area contributed by atoms with Gasteiger partial charge in [-0.05, 0) is 88.4 Å². The van der Waals surface area contributed by atoms with E-state index in [0.29, 0.717) is 69.0 Å². The Bertz CT molecular complexity index is 2350. The van der Waals surface area contributed by atoms with Crippen LogP contribution in [0.2, 0.25) is 0 Å². The summed E-state index contributed by atoms with van der Waals surface area (Å²) in [5, 5.41) is 0.543. The summed E-state index contributed by atoms with van der Waals surface area (Å²) in [6.45, 7) is 7.98. The van der Waals surface area contributed by atoms with Gasteiger partial charge in [0.15, 0.2) is 5.71 Å². The Morgan fingerprint density at radius 2 is 1.38 bits per heavy atom. The third-order valence-electron chi connectivity index (χ3n) is 11.4. The molecule has 0 radical (unpaired) electrons. The van der Waals surface area contributed by atoms with Crippen LogP contribution in [-0.2, 0) is 59.8 Å². The number of nitrogens with zero attached hydrogens (tertiary/aromatic N) is 3. The quantitative estimate of drug-likeness (QED) is 0.0508. The average Bonchev–Trinajstić information content (AvgIpc) is 3.73. The van der Waals surface area contributed by atoms with E-state index in [1.807, 2.05) is 63.3 Å². The molecule has 2 aromatic carbocycles. The topological polar surface area (TPSA) is 197 Å². The number of methoxy groups -OCH3 is 2. The fraction of sp³-hybridized carbons (Fsp3) is 0.442. The molecule has 1 saturated heterocycles. The van der Waals surface area contributed by atoms with Crippen molar-refractivity contribution in [2.75, 3.05) is 45.4 Å². The third-order valence-corrected chi connectivity index (χ3v) is 13.1. The fourth-order valence-electron chi connectivity index (χ4n) is 8.11. The van der Waals surface area contributed by atoms with Gasteiger partial charge in [0, 0.05) is 94.2 Å². The first-order chi connectivity index (χ1) is 28.4. The molecule has 2 N–H and O–H groups in total. The zero-order chi connectivity index (χ0) is 43.9. The van der Waals surface area contributed by atoms with Crippen molar-refractivity contribution in [1.82, 2.24) is 5.06 Å². The number of benzene rings is 2. The lowest BCUT2D eigenvalue weighted by molar-refractivity contribution is -0.438. The second kappa shape index (κ2) is 19.3. The summed E-state index contributed by atoms with van der Waals surface area (Å²) in [5.41, 5.74) is 3.65. The molecule has 17 heteroatoms. The number of carbonyl (C=O) groups excluding carboxylic acids is 3. The van der Waals surface area contributed by atoms with E-state index in [1.165, 1.54) is 24.3 Å². The van der Waals surface area contributed by atoms with Crippen molar-refractivity contribution in [3.05, 3.63) is 95.8 Å². The number of amides is 2. The first-order valence-electron chi connectivity index (χ1n) is 19.8. The summed E-state index contributed by atoms with van der Waals surface area (Å²) in [5.74, 6) is -1.72. The predicted octanol–water partition coefficient (Wildman–Crippen LogP) is 6.13. The molecular formula is C43H54N3O12S2+. The molecule has 3 aliphatic heterocycles. The summed E-state index contributed by atoms with van der Waals surface area (Å²) in [4.78, 5) is 42.7. The van der Waals surface area contributed by atoms with Crippen molar-refractivity contribution in [3.8, 4) is 0 Å². The van der Waals surface area contributed by atoms with Crippen molar-refractivity contribution in [1.29, 1.82) is 0 Å². The highest BCUT2D eigenvalue weighted by Gasteiger charge is 2.48. The lowest BCUT2D eigenvalue weighted by atomic mass is 9.76. The zero-order valence-corrected chi connectivity index (χ0v) is 36.3. The summed E-state index contributed by atoms with van der Waals surface area (Å²) >= 11 is 0. The van der Waals surface area contributed by atoms with E-state index in [-0.39, 0.29) is 29.1 Å². The van der Waals surface area contributed by atoms with Gasteiger partial charge in [-0.15, -0.1) is 5.06 Å². The monoisotopic (exact) mass is 868 g/mol. The normalized spacial score (nSPS) is 21.5. The van der Waals surface area contributed by atoms with E-state index >= 15 is 0 Å². The maximum Gasteiger partial charge on any atom is 0.333 e. The number of fused-ring (bicyclic) bond motifs is 2. The first-order valence-corrected chi connectivity index (χ1v) is 22.7. The van der Waals surface area contributed by atoms with Crippen molar-refractivity contribution >= 4 is 55.1 Å². The Balaban J connectivity index is 1.38. The van der Waals surface area contributed by atoms with Gasteiger partial charge >= 0.3 is 5.97 Å². The van der Waals surface area contributed by atoms with E-state index in [0.717, 1.165) is 28.3 Å². The Labute approximate surface area is 352 Å². The molecule has 3 aliphatic rings. The number of unbranched alkanes of at least 4 members (excludes halogenated alkanes) is 2. The number of carbonyl (C=O) groups is 3. The maximum atomic E-state index is 12.4. The van der Waals surface area contributed by atoms with E-state index in [2.05, 4.69) is 9.48 Å². The standard InChI is InChI=1S/C43H53N3O12S2/c1-6-44-35-20-18-31(59(50,51)52)29-33(35)42(2,24-27-56-4)37(44)15-11-8-7-9-12-16-38-43(3,25-28-57-5)34-30-32(60(53,54)55)19-21-36(34)45(38)26-14-10-13-17-41(49)58-46-39(47)22-23-40(46)48/h7-9,11-12,15-16,18-21,29-30H,6,10,13-14,17,22-28H2,1-5H3,(H-,50,51,52,53,54,55)/p+1. The molecule has 60 heavy (non-hydrogen) atoms. The molecule has 2 aromatic rings. The van der Waals surface area contributed by atoms with Gasteiger partial charge in [-0.25, -0.2) is 4.79 Å². The summed E-state index contributed by atoms with van der Waals surface area (Å²) in [6.07, 6.45) is 16.2. The van der Waals surface area contributed by atoms with Crippen LogP contribution >= 0.6 is 0 Å². The minimum absolute atomic E-state index is 0.0194. The number of rotatable bonds is 20. The molecule has 0 aliphatic carbocycles. The van der Waals surface area contributed by atoms with Crippen LogP contribution in [0.3, 0.4) is 0 Å². The highest BCUT2D eigenvalue weighted by molar-refractivity contribution is 7.86. The van der Waals surface area contributed by atoms with Gasteiger partial charge in [0.2, 0.25) is 5.69 Å². The number of hydrogen-bond acceptors (Lipinski definition) is 11. The molecular weight excluding hydrogens is 815 g/mol. The molecule has 0 aromatic heterocycles. The third kappa shape index (κ3) is 10.0. The minimum Gasteiger partial charge on any atom is -0.385 e. The maximum absolute atomic E-state index is 12.4. The molecule has 15 nitrogen and oxygen atoms in total. The van der Waals surface area contributed by atoms with Gasteiger partial charge in [0.25, 0.3) is 32.1 Å². The van der Waals surface area contributed by atoms with Crippen molar-refractivity contribution in [2.24, 2.45) is 0 Å². The SMILES string of the molecule is CCN1/C(=C/C=C/C=C/C=C/C2=[N+](CCCCCC(=O)ON3C(=O)CCC3=O)c3ccc(S(=O)(=O)O)cc3C2(C)CCOC)C(C)(CCOC)c2cc(S(=O)(=O)O)ccc21. The van der Waals surface area contributed by atoms with E-state index < -0.39 is 48.8 Å². The van der Waals surface area contributed by atoms with Crippen molar-refractivity contribution in [3.63, 3.8) is 0 Å². The van der Waals surface area contributed by atoms with Crippen molar-refractivity contribution in [2.45, 2.75) is 92.8 Å². The molecule has 0 saturated carbocycles. The Kier molecular flexibility index (Phi) is 14.9. The molecule has 2 unspecified atom stereocenters. The van der Waals surface area contributed by atoms with Crippen LogP contribution in [0.5, 0.6) is 0 Å². The van der Waals surface area contributed by atoms with Crippen LogP contribution in [0.1, 0.15) is 83.3 Å². The van der Waals surface area contributed by atoms with Crippen molar-refractivity contribution < 1.29 is 59.2 Å². The van der Waals surface area contributed by atoms with E-state index in [1.54, 1.807) is 26.4 Å². The lowest BCUT2D eigenvalue weighted by Crippen LogP contribution is -2.33. The second-order valence-electron chi connectivity index (χ2n) is 15.3. The molecule has 3 heterocycles. The molecule has 0 spiro atoms. The summed E-state index contributed by atoms with van der Waals surface area (Å²) in [6, 6.07) is 9.21. The number of allylic oxidation sites excluding steroid dienone is 8. The van der Waals surface area contributed by atoms with Gasteiger partial charge in [-0.3, -0.25) is 18.7 Å². The Hall–Kier alpha value is -4.78. The number of ether oxygens (including phenoxy) is 2. The summed E-state index contributed by atoms with van der Waals surface area (Å²) in [7, 11) is -5.69. The van der Waals surface area contributed by atoms with Gasteiger partial charge in [0.1, 0.15) is 6.54 Å². The summed E-state index contributed by atoms with van der Waals surface area (Å²) < 4.78 is 81.3. The fourth-order valence-corrected chi connectivity index (χ4v) is 9.13. The van der Waals surface area contributed by atoms with Crippen LogP contribution in [0, 0.1) is 0 Å². The molecule has 0 bridgehead atoms. The van der Waals surface area contributed by atoms with Gasteiger partial charge in [-0.1, -0.05) is 30.4 Å². The highest BCUT2D eigenvalue weighted by Crippen LogP contribution is 2.50. The molecule has 2 atom stereocenters. The predicted molar refractivity (Wildman–Crippen MR) is 224 cm³/mol. The van der Waals surface area contributed by atoms with E-state index in [4.69, 9.17) is 14.3 Å². The number of likely N-dealkylation sites (N-methyl/N-ethyl adjacent to an activating group) is 1. The lowest BCUT2D eigenvalue weighted by Gasteiger charge is -2.29. The molecule has 324 valence electrons. The Morgan fingerprint density at radius 1 is 0.800 bits per heavy atom.